The van der Waals surface area contributed by atoms with Crippen LogP contribution in [0.3, 0.4) is 0 Å². The standard InChI is InChI=1S/C20H19BrFN3OS2/c1-20(2,3)14-7-4-12(5-8-14)17(26)23-18-24-25-19(28-18)27-11-13-6-9-15(21)10-16(13)22/h4-10H,11H2,1-3H3,(H,23,24,26). The summed E-state index contributed by atoms with van der Waals surface area (Å²) >= 11 is 5.89. The molecular formula is C20H19BrFN3OS2. The Kier molecular flexibility index (Phi) is 6.52. The number of benzene rings is 2. The maximum atomic E-state index is 13.9. The molecule has 8 heteroatoms. The number of carbonyl (C=O) groups excluding carboxylic acids is 1. The summed E-state index contributed by atoms with van der Waals surface area (Å²) in [5.41, 5.74) is 2.36. The van der Waals surface area contributed by atoms with E-state index < -0.39 is 0 Å². The Morgan fingerprint density at radius 3 is 2.54 bits per heavy atom. The smallest absolute Gasteiger partial charge is 0.257 e. The van der Waals surface area contributed by atoms with E-state index in [1.54, 1.807) is 12.1 Å². The fraction of sp³-hybridized carbons (Fsp3) is 0.250. The SMILES string of the molecule is CC(C)(C)c1ccc(C(=O)Nc2nnc(SCc3ccc(Br)cc3F)s2)cc1. The third kappa shape index (κ3) is 5.40. The molecule has 0 spiro atoms. The summed E-state index contributed by atoms with van der Waals surface area (Å²) in [6, 6.07) is 12.5. The summed E-state index contributed by atoms with van der Waals surface area (Å²) < 4.78 is 15.3. The van der Waals surface area contributed by atoms with Gasteiger partial charge in [-0.1, -0.05) is 78.0 Å². The Morgan fingerprint density at radius 1 is 1.18 bits per heavy atom. The zero-order valence-electron chi connectivity index (χ0n) is 15.6. The second kappa shape index (κ2) is 8.71. The molecule has 2 aromatic carbocycles. The van der Waals surface area contributed by atoms with Crippen molar-refractivity contribution in [3.05, 3.63) is 69.4 Å². The summed E-state index contributed by atoms with van der Waals surface area (Å²) in [6.07, 6.45) is 0. The number of nitrogens with one attached hydrogen (secondary N) is 1. The van der Waals surface area contributed by atoms with Gasteiger partial charge >= 0.3 is 0 Å². The Bertz CT molecular complexity index is 984. The summed E-state index contributed by atoms with van der Waals surface area (Å²) in [5, 5.41) is 11.2. The third-order valence-electron chi connectivity index (χ3n) is 4.01. The minimum Gasteiger partial charge on any atom is -0.296 e. The first-order valence-corrected chi connectivity index (χ1v) is 11.1. The van der Waals surface area contributed by atoms with Crippen LogP contribution < -0.4 is 5.32 Å². The molecular weight excluding hydrogens is 461 g/mol. The number of nitrogens with zero attached hydrogens (tertiary/aromatic N) is 2. The zero-order valence-corrected chi connectivity index (χ0v) is 18.8. The van der Waals surface area contributed by atoms with Crippen molar-refractivity contribution >= 4 is 50.1 Å². The average Bonchev–Trinajstić information content (AvgIpc) is 3.07. The zero-order chi connectivity index (χ0) is 20.3. The molecule has 28 heavy (non-hydrogen) atoms. The summed E-state index contributed by atoms with van der Waals surface area (Å²) in [6.45, 7) is 6.38. The molecule has 4 nitrogen and oxygen atoms in total. The predicted molar refractivity (Wildman–Crippen MR) is 117 cm³/mol. The molecule has 1 aromatic heterocycles. The summed E-state index contributed by atoms with van der Waals surface area (Å²) in [4.78, 5) is 12.4. The lowest BCUT2D eigenvalue weighted by Gasteiger charge is -2.18. The van der Waals surface area contributed by atoms with E-state index in [0.717, 1.165) is 0 Å². The van der Waals surface area contributed by atoms with E-state index in [1.165, 1.54) is 34.7 Å². The number of hydrogen-bond donors (Lipinski definition) is 1. The molecule has 0 saturated heterocycles. The lowest BCUT2D eigenvalue weighted by molar-refractivity contribution is 0.102. The van der Waals surface area contributed by atoms with Crippen LogP contribution in [0, 0.1) is 5.82 Å². The van der Waals surface area contributed by atoms with Gasteiger partial charge in [0.1, 0.15) is 5.82 Å². The van der Waals surface area contributed by atoms with Gasteiger partial charge in [-0.15, -0.1) is 10.2 Å². The molecule has 146 valence electrons. The number of hydrogen-bond acceptors (Lipinski definition) is 5. The molecule has 0 radical (unpaired) electrons. The molecule has 0 atom stereocenters. The number of carbonyl (C=O) groups is 1. The monoisotopic (exact) mass is 479 g/mol. The van der Waals surface area contributed by atoms with Crippen LogP contribution in [0.5, 0.6) is 0 Å². The molecule has 1 N–H and O–H groups in total. The quantitative estimate of drug-likeness (QED) is 0.345. The molecule has 3 aromatic rings. The van der Waals surface area contributed by atoms with Crippen molar-refractivity contribution in [3.8, 4) is 0 Å². The number of halogens is 2. The van der Waals surface area contributed by atoms with Crippen molar-refractivity contribution in [2.45, 2.75) is 36.3 Å². The lowest BCUT2D eigenvalue weighted by atomic mass is 9.87. The van der Waals surface area contributed by atoms with Crippen molar-refractivity contribution in [2.75, 3.05) is 5.32 Å². The van der Waals surface area contributed by atoms with E-state index in [0.29, 0.717) is 30.8 Å². The molecule has 0 aliphatic carbocycles. The Morgan fingerprint density at radius 2 is 1.89 bits per heavy atom. The summed E-state index contributed by atoms with van der Waals surface area (Å²) in [5.74, 6) is -0.0543. The number of aromatic nitrogens is 2. The van der Waals surface area contributed by atoms with E-state index in [1.807, 2.05) is 24.3 Å². The van der Waals surface area contributed by atoms with Crippen LogP contribution in [-0.4, -0.2) is 16.1 Å². The number of rotatable bonds is 5. The van der Waals surface area contributed by atoms with E-state index in [4.69, 9.17) is 0 Å². The van der Waals surface area contributed by atoms with Crippen molar-refractivity contribution < 1.29 is 9.18 Å². The lowest BCUT2D eigenvalue weighted by Crippen LogP contribution is -2.14. The second-order valence-electron chi connectivity index (χ2n) is 7.18. The molecule has 0 aliphatic heterocycles. The van der Waals surface area contributed by atoms with Crippen LogP contribution in [0.2, 0.25) is 0 Å². The van der Waals surface area contributed by atoms with Crippen molar-refractivity contribution in [3.63, 3.8) is 0 Å². The van der Waals surface area contributed by atoms with E-state index in [9.17, 15) is 9.18 Å². The highest BCUT2D eigenvalue weighted by molar-refractivity contribution is 9.10. The Labute approximate surface area is 180 Å². The van der Waals surface area contributed by atoms with Gasteiger partial charge < -0.3 is 0 Å². The van der Waals surface area contributed by atoms with Crippen LogP contribution >= 0.6 is 39.0 Å². The average molecular weight is 480 g/mol. The van der Waals surface area contributed by atoms with Crippen LogP contribution in [0.4, 0.5) is 9.52 Å². The van der Waals surface area contributed by atoms with E-state index in [-0.39, 0.29) is 17.1 Å². The highest BCUT2D eigenvalue weighted by Gasteiger charge is 2.15. The highest BCUT2D eigenvalue weighted by atomic mass is 79.9. The molecule has 1 heterocycles. The van der Waals surface area contributed by atoms with Crippen LogP contribution in [0.25, 0.3) is 0 Å². The van der Waals surface area contributed by atoms with Crippen LogP contribution in [0.1, 0.15) is 42.3 Å². The van der Waals surface area contributed by atoms with Gasteiger partial charge in [0, 0.05) is 15.8 Å². The predicted octanol–water partition coefficient (Wildman–Crippen LogP) is 6.28. The molecule has 3 rings (SSSR count). The highest BCUT2D eigenvalue weighted by Crippen LogP contribution is 2.30. The van der Waals surface area contributed by atoms with Crippen LogP contribution in [0.15, 0.2) is 51.3 Å². The van der Waals surface area contributed by atoms with Gasteiger partial charge in [-0.25, -0.2) is 4.39 Å². The Balaban J connectivity index is 1.60. The number of amides is 1. The van der Waals surface area contributed by atoms with E-state index in [2.05, 4.69) is 52.2 Å². The number of anilines is 1. The molecule has 0 saturated carbocycles. The molecule has 0 fully saturated rings. The van der Waals surface area contributed by atoms with Crippen molar-refractivity contribution in [1.29, 1.82) is 0 Å². The number of thioether (sulfide) groups is 1. The minimum absolute atomic E-state index is 0.0364. The molecule has 0 aliphatic rings. The van der Waals surface area contributed by atoms with Gasteiger partial charge in [0.15, 0.2) is 4.34 Å². The first-order valence-electron chi connectivity index (χ1n) is 8.54. The normalized spacial score (nSPS) is 11.5. The van der Waals surface area contributed by atoms with Crippen molar-refractivity contribution in [2.24, 2.45) is 0 Å². The first kappa shape index (κ1) is 21.0. The van der Waals surface area contributed by atoms with Gasteiger partial charge in [0.2, 0.25) is 5.13 Å². The van der Waals surface area contributed by atoms with Crippen LogP contribution in [-0.2, 0) is 11.2 Å². The molecule has 0 bridgehead atoms. The minimum atomic E-state index is -0.265. The maximum absolute atomic E-state index is 13.9. The fourth-order valence-corrected chi connectivity index (χ4v) is 4.45. The largest absolute Gasteiger partial charge is 0.296 e. The Hall–Kier alpha value is -1.77. The van der Waals surface area contributed by atoms with Gasteiger partial charge in [-0.05, 0) is 40.8 Å². The first-order chi connectivity index (χ1) is 13.2. The second-order valence-corrected chi connectivity index (χ2v) is 10.3. The molecule has 1 amide bonds. The van der Waals surface area contributed by atoms with Crippen molar-refractivity contribution in [1.82, 2.24) is 10.2 Å². The van der Waals surface area contributed by atoms with Gasteiger partial charge in [-0.3, -0.25) is 10.1 Å². The van der Waals surface area contributed by atoms with E-state index >= 15 is 0 Å². The summed E-state index contributed by atoms with van der Waals surface area (Å²) in [7, 11) is 0. The van der Waals surface area contributed by atoms with Gasteiger partial charge in [0.05, 0.1) is 0 Å². The van der Waals surface area contributed by atoms with Gasteiger partial charge in [-0.2, -0.15) is 0 Å². The third-order valence-corrected chi connectivity index (χ3v) is 6.52. The fourth-order valence-electron chi connectivity index (χ4n) is 2.39. The van der Waals surface area contributed by atoms with Gasteiger partial charge in [0.25, 0.3) is 5.91 Å². The molecule has 0 unspecified atom stereocenters. The topological polar surface area (TPSA) is 54.9 Å². The maximum Gasteiger partial charge on any atom is 0.257 e.